The van der Waals surface area contributed by atoms with Crippen molar-refractivity contribution in [3.05, 3.63) is 78.6 Å². The fraction of sp³-hybridized carbons (Fsp3) is 0.263. The van der Waals surface area contributed by atoms with Gasteiger partial charge in [-0.1, -0.05) is 49.6 Å². The topological polar surface area (TPSA) is 49.7 Å². The Hall–Kier alpha value is -2.26. The van der Waals surface area contributed by atoms with Crippen LogP contribution in [-0.2, 0) is 0 Å². The molecule has 0 saturated carbocycles. The third kappa shape index (κ3) is 6.46. The quantitative estimate of drug-likeness (QED) is 0.397. The molecule has 0 spiro atoms. The molecule has 1 atom stereocenters. The van der Waals surface area contributed by atoms with Crippen molar-refractivity contribution >= 4 is 0 Å². The smallest absolute Gasteiger partial charge is 0.119 e. The normalized spacial score (nSPS) is 13.1. The summed E-state index contributed by atoms with van der Waals surface area (Å²) in [6.07, 6.45) is 8.06. The molecule has 1 aromatic rings. The van der Waals surface area contributed by atoms with Gasteiger partial charge in [-0.2, -0.15) is 0 Å². The number of benzene rings is 1. The van der Waals surface area contributed by atoms with Crippen LogP contribution in [0, 0.1) is 0 Å². The first kappa shape index (κ1) is 17.8. The number of ether oxygens (including phenoxy) is 1. The lowest BCUT2D eigenvalue weighted by Gasteiger charge is -2.11. The molecule has 0 amide bonds. The SMILES string of the molecule is C=CC(/C=C\CCOc1ccc(C(O)CC(=C)O)cc1)=C/C. The highest BCUT2D eigenvalue weighted by atomic mass is 16.5. The van der Waals surface area contributed by atoms with Crippen molar-refractivity contribution in [3.63, 3.8) is 0 Å². The van der Waals surface area contributed by atoms with Crippen molar-refractivity contribution in [3.8, 4) is 5.75 Å². The second-order valence-electron chi connectivity index (χ2n) is 4.89. The van der Waals surface area contributed by atoms with Crippen molar-refractivity contribution in [2.45, 2.75) is 25.9 Å². The molecule has 0 heterocycles. The lowest BCUT2D eigenvalue weighted by molar-refractivity contribution is 0.161. The molecule has 0 aromatic heterocycles. The van der Waals surface area contributed by atoms with Crippen LogP contribution in [0.25, 0.3) is 0 Å². The number of aliphatic hydroxyl groups excluding tert-OH is 2. The van der Waals surface area contributed by atoms with Crippen LogP contribution in [0.5, 0.6) is 5.75 Å². The van der Waals surface area contributed by atoms with Gasteiger partial charge in [-0.25, -0.2) is 0 Å². The molecule has 3 heteroatoms. The molecular formula is C19H24O3. The van der Waals surface area contributed by atoms with E-state index in [-0.39, 0.29) is 12.2 Å². The monoisotopic (exact) mass is 300 g/mol. The minimum atomic E-state index is -0.743. The fourth-order valence-electron chi connectivity index (χ4n) is 1.87. The number of hydrogen-bond donors (Lipinski definition) is 2. The van der Waals surface area contributed by atoms with E-state index in [0.717, 1.165) is 23.3 Å². The fourth-order valence-corrected chi connectivity index (χ4v) is 1.87. The molecule has 0 fully saturated rings. The molecular weight excluding hydrogens is 276 g/mol. The van der Waals surface area contributed by atoms with Crippen LogP contribution < -0.4 is 4.74 Å². The van der Waals surface area contributed by atoms with Gasteiger partial charge in [-0.3, -0.25) is 0 Å². The van der Waals surface area contributed by atoms with E-state index in [0.29, 0.717) is 6.61 Å². The highest BCUT2D eigenvalue weighted by molar-refractivity contribution is 5.29. The van der Waals surface area contributed by atoms with Crippen LogP contribution in [0.1, 0.15) is 31.4 Å². The van der Waals surface area contributed by atoms with Gasteiger partial charge in [0.2, 0.25) is 0 Å². The van der Waals surface area contributed by atoms with Gasteiger partial charge in [0.05, 0.1) is 18.5 Å². The first-order valence-electron chi connectivity index (χ1n) is 7.29. The summed E-state index contributed by atoms with van der Waals surface area (Å²) >= 11 is 0. The lowest BCUT2D eigenvalue weighted by Crippen LogP contribution is -2.00. The second-order valence-corrected chi connectivity index (χ2v) is 4.89. The first-order chi connectivity index (χ1) is 10.6. The van der Waals surface area contributed by atoms with Crippen LogP contribution >= 0.6 is 0 Å². The van der Waals surface area contributed by atoms with E-state index >= 15 is 0 Å². The van der Waals surface area contributed by atoms with Gasteiger partial charge in [0.1, 0.15) is 5.75 Å². The number of hydrogen-bond acceptors (Lipinski definition) is 3. The summed E-state index contributed by atoms with van der Waals surface area (Å²) in [4.78, 5) is 0. The third-order valence-corrected chi connectivity index (χ3v) is 3.13. The summed E-state index contributed by atoms with van der Waals surface area (Å²) in [5, 5.41) is 18.9. The van der Waals surface area contributed by atoms with E-state index in [1.54, 1.807) is 12.1 Å². The largest absolute Gasteiger partial charge is 0.513 e. The molecule has 1 aromatic carbocycles. The number of allylic oxidation sites excluding steroid dienone is 4. The zero-order valence-electron chi connectivity index (χ0n) is 13.0. The molecule has 0 saturated heterocycles. The third-order valence-electron chi connectivity index (χ3n) is 3.13. The molecule has 2 N–H and O–H groups in total. The van der Waals surface area contributed by atoms with Gasteiger partial charge in [0.25, 0.3) is 0 Å². The molecule has 1 rings (SSSR count). The Balaban J connectivity index is 2.42. The van der Waals surface area contributed by atoms with E-state index in [9.17, 15) is 5.11 Å². The van der Waals surface area contributed by atoms with Crippen molar-refractivity contribution in [2.75, 3.05) is 6.61 Å². The Labute approximate surface area is 132 Å². The summed E-state index contributed by atoms with van der Waals surface area (Å²) < 4.78 is 5.63. The number of aliphatic hydroxyl groups is 2. The minimum absolute atomic E-state index is 0.0281. The molecule has 0 radical (unpaired) electrons. The van der Waals surface area contributed by atoms with Crippen LogP contribution in [-0.4, -0.2) is 16.8 Å². The van der Waals surface area contributed by atoms with Gasteiger partial charge in [0, 0.05) is 6.42 Å². The second kappa shape index (κ2) is 9.64. The molecule has 22 heavy (non-hydrogen) atoms. The maximum absolute atomic E-state index is 9.84. The van der Waals surface area contributed by atoms with Gasteiger partial charge < -0.3 is 14.9 Å². The summed E-state index contributed by atoms with van der Waals surface area (Å²) in [5.41, 5.74) is 1.81. The van der Waals surface area contributed by atoms with Crippen molar-refractivity contribution in [2.24, 2.45) is 0 Å². The maximum Gasteiger partial charge on any atom is 0.119 e. The van der Waals surface area contributed by atoms with Gasteiger partial charge >= 0.3 is 0 Å². The average molecular weight is 300 g/mol. The molecule has 0 aliphatic heterocycles. The zero-order chi connectivity index (χ0) is 16.4. The molecule has 0 aliphatic carbocycles. The van der Waals surface area contributed by atoms with E-state index in [2.05, 4.69) is 13.2 Å². The summed E-state index contributed by atoms with van der Waals surface area (Å²) in [6.45, 7) is 9.66. The Morgan fingerprint density at radius 2 is 2.00 bits per heavy atom. The van der Waals surface area contributed by atoms with Crippen LogP contribution in [0.3, 0.4) is 0 Å². The maximum atomic E-state index is 9.84. The minimum Gasteiger partial charge on any atom is -0.513 e. The lowest BCUT2D eigenvalue weighted by atomic mass is 10.1. The Kier molecular flexibility index (Phi) is 7.79. The molecule has 0 bridgehead atoms. The summed E-state index contributed by atoms with van der Waals surface area (Å²) in [5.74, 6) is 0.724. The zero-order valence-corrected chi connectivity index (χ0v) is 13.0. The van der Waals surface area contributed by atoms with Gasteiger partial charge in [0.15, 0.2) is 0 Å². The predicted molar refractivity (Wildman–Crippen MR) is 91.0 cm³/mol. The molecule has 0 aliphatic rings. The Bertz CT molecular complexity index is 538. The average Bonchev–Trinajstić information content (AvgIpc) is 2.51. The highest BCUT2D eigenvalue weighted by Gasteiger charge is 2.08. The highest BCUT2D eigenvalue weighted by Crippen LogP contribution is 2.22. The van der Waals surface area contributed by atoms with Crippen LogP contribution in [0.4, 0.5) is 0 Å². The van der Waals surface area contributed by atoms with Gasteiger partial charge in [-0.15, -0.1) is 0 Å². The Morgan fingerprint density at radius 3 is 2.55 bits per heavy atom. The summed E-state index contributed by atoms with van der Waals surface area (Å²) in [6, 6.07) is 7.19. The molecule has 1 unspecified atom stereocenters. The molecule has 118 valence electrons. The van der Waals surface area contributed by atoms with Crippen molar-refractivity contribution in [1.82, 2.24) is 0 Å². The van der Waals surface area contributed by atoms with E-state index < -0.39 is 6.10 Å². The van der Waals surface area contributed by atoms with Crippen molar-refractivity contribution in [1.29, 1.82) is 0 Å². The molecule has 3 nitrogen and oxygen atoms in total. The predicted octanol–water partition coefficient (Wildman–Crippen LogP) is 4.64. The van der Waals surface area contributed by atoms with Crippen LogP contribution in [0.15, 0.2) is 73.1 Å². The first-order valence-corrected chi connectivity index (χ1v) is 7.29. The van der Waals surface area contributed by atoms with Crippen LogP contribution in [0.2, 0.25) is 0 Å². The van der Waals surface area contributed by atoms with E-state index in [1.807, 2.05) is 43.4 Å². The van der Waals surface area contributed by atoms with Crippen molar-refractivity contribution < 1.29 is 14.9 Å². The number of rotatable bonds is 9. The van der Waals surface area contributed by atoms with E-state index in [4.69, 9.17) is 9.84 Å². The standard InChI is InChI=1S/C19H24O3/c1-4-16(5-2)8-6-7-13-22-18-11-9-17(10-12-18)19(21)14-15(3)20/h4-6,8-12,19-21H,1,3,7,13-14H2,2H3/b8-6-,16-5-. The summed E-state index contributed by atoms with van der Waals surface area (Å²) in [7, 11) is 0. The van der Waals surface area contributed by atoms with E-state index in [1.165, 1.54) is 0 Å². The van der Waals surface area contributed by atoms with Gasteiger partial charge in [-0.05, 0) is 36.6 Å². The Morgan fingerprint density at radius 1 is 1.32 bits per heavy atom.